The minimum atomic E-state index is -4.28. The highest BCUT2D eigenvalue weighted by atomic mass is 19.4. The number of halogens is 3. The van der Waals surface area contributed by atoms with Crippen LogP contribution in [-0.2, 0) is 0 Å². The van der Waals surface area contributed by atoms with Gasteiger partial charge in [0.25, 0.3) is 0 Å². The zero-order chi connectivity index (χ0) is 12.5. The molecule has 6 heteroatoms. The van der Waals surface area contributed by atoms with Crippen LogP contribution in [0.15, 0.2) is 18.2 Å². The Balaban J connectivity index is 2.30. The van der Waals surface area contributed by atoms with Gasteiger partial charge in [0.05, 0.1) is 5.92 Å². The SMILES string of the molecule is CNCC(c1ccc2c(c1)OCO2)C(F)(F)F. The maximum absolute atomic E-state index is 12.8. The van der Waals surface area contributed by atoms with E-state index in [1.54, 1.807) is 0 Å². The number of nitrogens with one attached hydrogen (secondary N) is 1. The molecule has 1 N–H and O–H groups in total. The van der Waals surface area contributed by atoms with Gasteiger partial charge in [0.15, 0.2) is 11.5 Å². The zero-order valence-corrected chi connectivity index (χ0v) is 9.17. The normalized spacial score (nSPS) is 16.0. The summed E-state index contributed by atoms with van der Waals surface area (Å²) in [5.41, 5.74) is 0.177. The lowest BCUT2D eigenvalue weighted by Crippen LogP contribution is -2.29. The molecule has 0 bridgehead atoms. The zero-order valence-electron chi connectivity index (χ0n) is 9.17. The van der Waals surface area contributed by atoms with Crippen LogP contribution in [0.25, 0.3) is 0 Å². The van der Waals surface area contributed by atoms with E-state index in [1.165, 1.54) is 25.2 Å². The molecule has 0 aliphatic carbocycles. The van der Waals surface area contributed by atoms with Gasteiger partial charge >= 0.3 is 6.18 Å². The Labute approximate surface area is 96.5 Å². The summed E-state index contributed by atoms with van der Waals surface area (Å²) in [7, 11) is 1.49. The monoisotopic (exact) mass is 247 g/mol. The Morgan fingerprint density at radius 3 is 2.65 bits per heavy atom. The van der Waals surface area contributed by atoms with Gasteiger partial charge in [-0.3, -0.25) is 0 Å². The summed E-state index contributed by atoms with van der Waals surface area (Å²) < 4.78 is 48.6. The lowest BCUT2D eigenvalue weighted by Gasteiger charge is -2.20. The van der Waals surface area contributed by atoms with Crippen molar-refractivity contribution in [2.45, 2.75) is 12.1 Å². The van der Waals surface area contributed by atoms with Crippen LogP contribution in [0, 0.1) is 0 Å². The van der Waals surface area contributed by atoms with Crippen molar-refractivity contribution in [3.63, 3.8) is 0 Å². The first-order valence-electron chi connectivity index (χ1n) is 5.13. The Morgan fingerprint density at radius 2 is 2.00 bits per heavy atom. The summed E-state index contributed by atoms with van der Waals surface area (Å²) in [4.78, 5) is 0. The quantitative estimate of drug-likeness (QED) is 0.888. The third kappa shape index (κ3) is 2.46. The number of likely N-dealkylation sites (N-methyl/N-ethyl adjacent to an activating group) is 1. The molecule has 0 radical (unpaired) electrons. The van der Waals surface area contributed by atoms with Crippen molar-refractivity contribution in [1.82, 2.24) is 5.32 Å². The van der Waals surface area contributed by atoms with Gasteiger partial charge in [-0.25, -0.2) is 0 Å². The van der Waals surface area contributed by atoms with Gasteiger partial charge in [0.2, 0.25) is 6.79 Å². The Morgan fingerprint density at radius 1 is 1.29 bits per heavy atom. The summed E-state index contributed by atoms with van der Waals surface area (Å²) >= 11 is 0. The van der Waals surface area contributed by atoms with Crippen molar-refractivity contribution in [2.75, 3.05) is 20.4 Å². The predicted molar refractivity (Wildman–Crippen MR) is 55.3 cm³/mol. The first-order valence-corrected chi connectivity index (χ1v) is 5.13. The van der Waals surface area contributed by atoms with Crippen LogP contribution >= 0.6 is 0 Å². The molecule has 1 aliphatic heterocycles. The van der Waals surface area contributed by atoms with E-state index in [9.17, 15) is 13.2 Å². The molecule has 1 heterocycles. The van der Waals surface area contributed by atoms with Crippen LogP contribution in [0.2, 0.25) is 0 Å². The van der Waals surface area contributed by atoms with E-state index in [-0.39, 0.29) is 18.9 Å². The average molecular weight is 247 g/mol. The number of rotatable bonds is 3. The fraction of sp³-hybridized carbons (Fsp3) is 0.455. The molecule has 1 aromatic rings. The molecular formula is C11H12F3NO2. The fourth-order valence-corrected chi connectivity index (χ4v) is 1.76. The molecule has 1 unspecified atom stereocenters. The molecule has 0 amide bonds. The van der Waals surface area contributed by atoms with Gasteiger partial charge in [-0.15, -0.1) is 0 Å². The van der Waals surface area contributed by atoms with Crippen molar-refractivity contribution in [3.8, 4) is 11.5 Å². The van der Waals surface area contributed by atoms with Crippen LogP contribution in [-0.4, -0.2) is 26.6 Å². The van der Waals surface area contributed by atoms with Gasteiger partial charge in [0.1, 0.15) is 0 Å². The minimum absolute atomic E-state index is 0.0570. The molecule has 0 saturated heterocycles. The second-order valence-corrected chi connectivity index (χ2v) is 3.76. The van der Waals surface area contributed by atoms with Crippen LogP contribution in [0.1, 0.15) is 11.5 Å². The van der Waals surface area contributed by atoms with Crippen LogP contribution < -0.4 is 14.8 Å². The van der Waals surface area contributed by atoms with E-state index >= 15 is 0 Å². The van der Waals surface area contributed by atoms with E-state index in [4.69, 9.17) is 9.47 Å². The largest absolute Gasteiger partial charge is 0.454 e. The van der Waals surface area contributed by atoms with E-state index in [0.717, 1.165) is 0 Å². The molecular weight excluding hydrogens is 235 g/mol. The van der Waals surface area contributed by atoms with Crippen molar-refractivity contribution >= 4 is 0 Å². The van der Waals surface area contributed by atoms with Crippen LogP contribution in [0.4, 0.5) is 13.2 Å². The summed E-state index contributed by atoms with van der Waals surface area (Å²) in [5.74, 6) is -0.686. The molecule has 1 aliphatic rings. The fourth-order valence-electron chi connectivity index (χ4n) is 1.76. The topological polar surface area (TPSA) is 30.5 Å². The average Bonchev–Trinajstić information content (AvgIpc) is 2.71. The molecule has 17 heavy (non-hydrogen) atoms. The number of fused-ring (bicyclic) bond motifs is 1. The van der Waals surface area contributed by atoms with Crippen LogP contribution in [0.3, 0.4) is 0 Å². The number of ether oxygens (including phenoxy) is 2. The Bertz CT molecular complexity index is 406. The van der Waals surface area contributed by atoms with E-state index in [1.807, 2.05) is 0 Å². The van der Waals surface area contributed by atoms with Crippen molar-refractivity contribution in [2.24, 2.45) is 0 Å². The van der Waals surface area contributed by atoms with Gasteiger partial charge < -0.3 is 14.8 Å². The van der Waals surface area contributed by atoms with Gasteiger partial charge in [-0.2, -0.15) is 13.2 Å². The van der Waals surface area contributed by atoms with Gasteiger partial charge in [-0.05, 0) is 24.7 Å². The predicted octanol–water partition coefficient (Wildman–Crippen LogP) is 2.28. The van der Waals surface area contributed by atoms with E-state index in [2.05, 4.69) is 5.32 Å². The third-order valence-electron chi connectivity index (χ3n) is 2.60. The molecule has 1 aromatic carbocycles. The molecule has 0 aromatic heterocycles. The molecule has 1 atom stereocenters. The molecule has 3 nitrogen and oxygen atoms in total. The molecule has 94 valence electrons. The second-order valence-electron chi connectivity index (χ2n) is 3.76. The minimum Gasteiger partial charge on any atom is -0.454 e. The highest BCUT2D eigenvalue weighted by molar-refractivity contribution is 5.45. The third-order valence-corrected chi connectivity index (χ3v) is 2.60. The number of hydrogen-bond donors (Lipinski definition) is 1. The van der Waals surface area contributed by atoms with Crippen molar-refractivity contribution in [3.05, 3.63) is 23.8 Å². The van der Waals surface area contributed by atoms with E-state index < -0.39 is 12.1 Å². The summed E-state index contributed by atoms with van der Waals surface area (Å²) in [5, 5.41) is 2.55. The lowest BCUT2D eigenvalue weighted by molar-refractivity contribution is -0.149. The number of benzene rings is 1. The smallest absolute Gasteiger partial charge is 0.396 e. The number of hydrogen-bond acceptors (Lipinski definition) is 3. The molecule has 0 fully saturated rings. The lowest BCUT2D eigenvalue weighted by atomic mass is 9.98. The van der Waals surface area contributed by atoms with E-state index in [0.29, 0.717) is 11.5 Å². The Hall–Kier alpha value is -1.43. The maximum atomic E-state index is 12.8. The van der Waals surface area contributed by atoms with Crippen LogP contribution in [0.5, 0.6) is 11.5 Å². The first kappa shape index (κ1) is 12.0. The summed E-state index contributed by atoms with van der Waals surface area (Å²) in [6, 6.07) is 4.31. The molecule has 2 rings (SSSR count). The standard InChI is InChI=1S/C11H12F3NO2/c1-15-5-8(11(12,13)14)7-2-3-9-10(4-7)17-6-16-9/h2-4,8,15H,5-6H2,1H3. The van der Waals surface area contributed by atoms with Crippen molar-refractivity contribution in [1.29, 1.82) is 0 Å². The maximum Gasteiger partial charge on any atom is 0.396 e. The first-order chi connectivity index (χ1) is 8.02. The molecule has 0 spiro atoms. The Kier molecular flexibility index (Phi) is 3.15. The van der Waals surface area contributed by atoms with Gasteiger partial charge in [-0.1, -0.05) is 6.07 Å². The molecule has 0 saturated carbocycles. The number of alkyl halides is 3. The van der Waals surface area contributed by atoms with Gasteiger partial charge in [0, 0.05) is 6.54 Å². The highest BCUT2D eigenvalue weighted by Gasteiger charge is 2.40. The van der Waals surface area contributed by atoms with Crippen molar-refractivity contribution < 1.29 is 22.6 Å². The summed E-state index contributed by atoms with van der Waals surface area (Å²) in [6.07, 6.45) is -4.28. The summed E-state index contributed by atoms with van der Waals surface area (Å²) in [6.45, 7) is -0.107. The highest BCUT2D eigenvalue weighted by Crippen LogP contribution is 2.39. The second kappa shape index (κ2) is 4.44.